The largest absolute Gasteiger partial charge is 0.396 e. The highest BCUT2D eigenvalue weighted by molar-refractivity contribution is 6.70. The molecule has 4 nitrogen and oxygen atoms in total. The van der Waals surface area contributed by atoms with Crippen LogP contribution in [0.2, 0.25) is 6.04 Å². The molecule has 0 amide bonds. The molecule has 5 heteroatoms. The molecule has 1 atom stereocenters. The molecule has 1 fully saturated rings. The maximum absolute atomic E-state index is 5.96. The molecule has 20 heavy (non-hydrogen) atoms. The number of methoxy groups -OCH3 is 1. The van der Waals surface area contributed by atoms with Crippen LogP contribution in [0.4, 0.5) is 0 Å². The predicted molar refractivity (Wildman–Crippen MR) is 83.1 cm³/mol. The first-order valence-corrected chi connectivity index (χ1v) is 9.66. The summed E-state index contributed by atoms with van der Waals surface area (Å²) in [5, 5.41) is -0.226. The van der Waals surface area contributed by atoms with Gasteiger partial charge in [0, 0.05) is 27.9 Å². The average molecular weight is 305 g/mol. The van der Waals surface area contributed by atoms with Crippen molar-refractivity contribution in [2.24, 2.45) is 0 Å². The van der Waals surface area contributed by atoms with E-state index in [-0.39, 0.29) is 10.8 Å². The second-order valence-corrected chi connectivity index (χ2v) is 10.4. The van der Waals surface area contributed by atoms with Gasteiger partial charge in [0.2, 0.25) is 0 Å². The molecule has 0 aromatic heterocycles. The van der Waals surface area contributed by atoms with Crippen molar-refractivity contribution in [1.29, 1.82) is 0 Å². The monoisotopic (exact) mass is 304 g/mol. The zero-order valence-electron chi connectivity index (χ0n) is 14.1. The van der Waals surface area contributed by atoms with Crippen LogP contribution in [0.1, 0.15) is 52.9 Å². The summed E-state index contributed by atoms with van der Waals surface area (Å²) in [6, 6.07) is 1.02. The number of ether oxygens (including phenoxy) is 2. The molecule has 0 spiro atoms. The topological polar surface area (TPSA) is 36.9 Å². The fraction of sp³-hybridized carbons (Fsp3) is 1.00. The van der Waals surface area contributed by atoms with Gasteiger partial charge in [-0.15, -0.1) is 0 Å². The van der Waals surface area contributed by atoms with E-state index >= 15 is 0 Å². The van der Waals surface area contributed by atoms with Gasteiger partial charge in [0.15, 0.2) is 0 Å². The average Bonchev–Trinajstić information content (AvgIpc) is 2.43. The molecule has 0 aromatic rings. The summed E-state index contributed by atoms with van der Waals surface area (Å²) in [4.78, 5) is 0. The van der Waals surface area contributed by atoms with Crippen LogP contribution in [0.3, 0.4) is 0 Å². The van der Waals surface area contributed by atoms with E-state index in [0.29, 0.717) is 0 Å². The van der Waals surface area contributed by atoms with E-state index in [4.69, 9.17) is 18.3 Å². The Balaban J connectivity index is 2.68. The van der Waals surface area contributed by atoms with Crippen molar-refractivity contribution in [3.05, 3.63) is 0 Å². The summed E-state index contributed by atoms with van der Waals surface area (Å²) in [5.41, 5.74) is -0.0795. The van der Waals surface area contributed by atoms with Gasteiger partial charge in [-0.2, -0.15) is 0 Å². The fourth-order valence-corrected chi connectivity index (χ4v) is 7.17. The summed E-state index contributed by atoms with van der Waals surface area (Å²) in [5.74, 6) is 0. The van der Waals surface area contributed by atoms with E-state index in [0.717, 1.165) is 31.9 Å². The molecule has 1 aliphatic rings. The van der Waals surface area contributed by atoms with E-state index in [1.807, 2.05) is 0 Å². The van der Waals surface area contributed by atoms with Crippen molar-refractivity contribution in [1.82, 2.24) is 0 Å². The van der Waals surface area contributed by atoms with Crippen molar-refractivity contribution in [2.75, 3.05) is 27.9 Å². The van der Waals surface area contributed by atoms with Gasteiger partial charge >= 0.3 is 8.56 Å². The van der Waals surface area contributed by atoms with E-state index in [9.17, 15) is 0 Å². The Bertz CT molecular complexity index is 286. The lowest BCUT2D eigenvalue weighted by molar-refractivity contribution is -0.0366. The Kier molecular flexibility index (Phi) is 6.66. The van der Waals surface area contributed by atoms with Crippen LogP contribution >= 0.6 is 0 Å². The highest BCUT2D eigenvalue weighted by Crippen LogP contribution is 2.42. The standard InChI is InChI=1S/C15H32O4Si/c1-14(2,3)19-12-9-11-15(16-4)10-7-8-13-20(15,17-5)18-6/h7-13H2,1-6H3. The van der Waals surface area contributed by atoms with E-state index in [1.54, 1.807) is 21.3 Å². The minimum absolute atomic E-state index is 0.0795. The van der Waals surface area contributed by atoms with Crippen molar-refractivity contribution in [3.8, 4) is 0 Å². The van der Waals surface area contributed by atoms with Crippen LogP contribution in [-0.2, 0) is 18.3 Å². The summed E-state index contributed by atoms with van der Waals surface area (Å²) in [6.07, 6.45) is 5.33. The third kappa shape index (κ3) is 4.04. The highest BCUT2D eigenvalue weighted by Gasteiger charge is 2.58. The highest BCUT2D eigenvalue weighted by atomic mass is 28.4. The number of hydrogen-bond acceptors (Lipinski definition) is 4. The molecule has 0 bridgehead atoms. The smallest absolute Gasteiger partial charge is 0.370 e. The predicted octanol–water partition coefficient (Wildman–Crippen LogP) is 3.43. The second-order valence-electron chi connectivity index (χ2n) is 6.63. The van der Waals surface area contributed by atoms with Gasteiger partial charge in [-0.05, 0) is 46.1 Å². The first kappa shape index (κ1) is 18.1. The van der Waals surface area contributed by atoms with Crippen LogP contribution in [0, 0.1) is 0 Å². The quantitative estimate of drug-likeness (QED) is 0.533. The van der Waals surface area contributed by atoms with Gasteiger partial charge in [0.1, 0.15) is 5.22 Å². The SMILES string of the molecule is COC1(CCCOC(C)(C)C)CCCC[Si]1(OC)OC. The van der Waals surface area contributed by atoms with E-state index < -0.39 is 8.56 Å². The van der Waals surface area contributed by atoms with Crippen molar-refractivity contribution >= 4 is 8.56 Å². The Hall–Kier alpha value is 0.0569. The molecular weight excluding hydrogens is 272 g/mol. The summed E-state index contributed by atoms with van der Waals surface area (Å²) in [7, 11) is 3.07. The molecule has 120 valence electrons. The lowest BCUT2D eigenvalue weighted by atomic mass is 10.1. The molecule has 0 aromatic carbocycles. The van der Waals surface area contributed by atoms with Crippen LogP contribution in [-0.4, -0.2) is 47.3 Å². The molecule has 1 aliphatic heterocycles. The molecule has 1 heterocycles. The lowest BCUT2D eigenvalue weighted by Gasteiger charge is -2.48. The number of rotatable bonds is 7. The van der Waals surface area contributed by atoms with Crippen molar-refractivity contribution < 1.29 is 18.3 Å². The maximum Gasteiger partial charge on any atom is 0.370 e. The minimum atomic E-state index is -2.28. The number of hydrogen-bond donors (Lipinski definition) is 0. The molecular formula is C15H32O4Si. The van der Waals surface area contributed by atoms with E-state index in [2.05, 4.69) is 20.8 Å². The fourth-order valence-electron chi connectivity index (χ4n) is 3.26. The first-order valence-electron chi connectivity index (χ1n) is 7.64. The van der Waals surface area contributed by atoms with E-state index in [1.165, 1.54) is 12.8 Å². The van der Waals surface area contributed by atoms with Gasteiger partial charge in [-0.3, -0.25) is 0 Å². The third-order valence-electron chi connectivity index (χ3n) is 4.34. The summed E-state index contributed by atoms with van der Waals surface area (Å²) < 4.78 is 23.6. The van der Waals surface area contributed by atoms with Crippen LogP contribution < -0.4 is 0 Å². The van der Waals surface area contributed by atoms with Gasteiger partial charge < -0.3 is 18.3 Å². The molecule has 1 rings (SSSR count). The van der Waals surface area contributed by atoms with Crippen LogP contribution in [0.5, 0.6) is 0 Å². The van der Waals surface area contributed by atoms with Gasteiger partial charge in [-0.1, -0.05) is 12.8 Å². The third-order valence-corrected chi connectivity index (χ3v) is 8.76. The zero-order chi connectivity index (χ0) is 15.3. The summed E-state index contributed by atoms with van der Waals surface area (Å²) in [6.45, 7) is 7.02. The molecule has 0 aliphatic carbocycles. The zero-order valence-corrected chi connectivity index (χ0v) is 15.1. The Labute approximate surface area is 125 Å². The Morgan fingerprint density at radius 2 is 1.70 bits per heavy atom. The molecule has 0 saturated carbocycles. The molecule has 1 saturated heterocycles. The molecule has 0 N–H and O–H groups in total. The maximum atomic E-state index is 5.96. The second kappa shape index (κ2) is 7.36. The van der Waals surface area contributed by atoms with Crippen molar-refractivity contribution in [2.45, 2.75) is 69.7 Å². The minimum Gasteiger partial charge on any atom is -0.396 e. The molecule has 0 radical (unpaired) electrons. The lowest BCUT2D eigenvalue weighted by Crippen LogP contribution is -2.64. The summed E-state index contributed by atoms with van der Waals surface area (Å²) >= 11 is 0. The van der Waals surface area contributed by atoms with Gasteiger partial charge in [0.25, 0.3) is 0 Å². The first-order chi connectivity index (χ1) is 9.35. The van der Waals surface area contributed by atoms with Gasteiger partial charge in [-0.25, -0.2) is 0 Å². The Morgan fingerprint density at radius 3 is 2.20 bits per heavy atom. The van der Waals surface area contributed by atoms with Crippen molar-refractivity contribution in [3.63, 3.8) is 0 Å². The van der Waals surface area contributed by atoms with Crippen LogP contribution in [0.25, 0.3) is 0 Å². The Morgan fingerprint density at radius 1 is 1.05 bits per heavy atom. The normalized spacial score (nSPS) is 26.7. The van der Waals surface area contributed by atoms with Gasteiger partial charge in [0.05, 0.1) is 5.60 Å². The van der Waals surface area contributed by atoms with Crippen LogP contribution in [0.15, 0.2) is 0 Å². The molecule has 1 unspecified atom stereocenters.